The molecule has 2 aliphatic heterocycles. The molecule has 4 atom stereocenters. The molecule has 1 N–H and O–H groups in total. The Hall–Kier alpha value is -2.93. The average Bonchev–Trinajstić information content (AvgIpc) is 3.15. The molecule has 2 aliphatic rings. The fourth-order valence-electron chi connectivity index (χ4n) is 4.73. The Kier molecular flexibility index (Phi) is 5.71. The van der Waals surface area contributed by atoms with E-state index in [2.05, 4.69) is 19.2 Å². The van der Waals surface area contributed by atoms with Crippen molar-refractivity contribution in [2.75, 3.05) is 6.61 Å². The number of carbonyl (C=O) groups excluding carboxylic acids is 1. The topological polar surface area (TPSA) is 90.7 Å². The van der Waals surface area contributed by atoms with Gasteiger partial charge in [0.15, 0.2) is 0 Å². The third-order valence-corrected chi connectivity index (χ3v) is 6.22. The highest BCUT2D eigenvalue weighted by atomic mass is 16.6. The van der Waals surface area contributed by atoms with Gasteiger partial charge < -0.3 is 9.47 Å². The molecule has 0 spiro atoms. The molecule has 1 saturated heterocycles. The summed E-state index contributed by atoms with van der Waals surface area (Å²) in [7, 11) is 0. The molecular weight excluding hydrogens is 396 g/mol. The lowest BCUT2D eigenvalue weighted by Crippen LogP contribution is -2.38. The summed E-state index contributed by atoms with van der Waals surface area (Å²) >= 11 is 0. The van der Waals surface area contributed by atoms with Crippen LogP contribution in [-0.4, -0.2) is 35.2 Å². The first-order valence-electron chi connectivity index (χ1n) is 10.7. The van der Waals surface area contributed by atoms with Crippen molar-refractivity contribution in [3.05, 3.63) is 75.3 Å². The molecule has 2 aromatic rings. The van der Waals surface area contributed by atoms with E-state index in [9.17, 15) is 14.9 Å². The number of benzene rings is 2. The van der Waals surface area contributed by atoms with Gasteiger partial charge in [-0.25, -0.2) is 0 Å². The lowest BCUT2D eigenvalue weighted by Gasteiger charge is -2.33. The van der Waals surface area contributed by atoms with Gasteiger partial charge in [0.05, 0.1) is 12.5 Å². The second-order valence-electron chi connectivity index (χ2n) is 8.82. The van der Waals surface area contributed by atoms with Gasteiger partial charge in [0.25, 0.3) is 0 Å². The van der Waals surface area contributed by atoms with Crippen molar-refractivity contribution in [1.82, 2.24) is 5.32 Å². The molecule has 0 unspecified atom stereocenters. The number of nitro groups is 1. The van der Waals surface area contributed by atoms with Gasteiger partial charge in [0.1, 0.15) is 23.4 Å². The number of fused-ring (bicyclic) bond motifs is 1. The Balaban J connectivity index is 1.76. The van der Waals surface area contributed by atoms with Gasteiger partial charge >= 0.3 is 5.97 Å². The van der Waals surface area contributed by atoms with E-state index in [0.29, 0.717) is 0 Å². The molecular formula is C24H28N2O5. The predicted octanol–water partition coefficient (Wildman–Crippen LogP) is 3.80. The quantitative estimate of drug-likeness (QED) is 0.446. The normalized spacial score (nSPS) is 26.5. The number of ether oxygens (including phenoxy) is 2. The number of nitrogens with zero attached hydrogens (tertiary/aromatic N) is 1. The van der Waals surface area contributed by atoms with E-state index in [1.54, 1.807) is 6.92 Å². The Morgan fingerprint density at radius 3 is 2.65 bits per heavy atom. The van der Waals surface area contributed by atoms with E-state index in [-0.39, 0.29) is 17.1 Å². The summed E-state index contributed by atoms with van der Waals surface area (Å²) in [5, 5.41) is 15.5. The Morgan fingerprint density at radius 1 is 1.23 bits per heavy atom. The molecule has 31 heavy (non-hydrogen) atoms. The molecule has 0 aliphatic carbocycles. The number of aryl methyl sites for hydroxylation is 1. The molecule has 0 saturated carbocycles. The predicted molar refractivity (Wildman–Crippen MR) is 116 cm³/mol. The lowest BCUT2D eigenvalue weighted by atomic mass is 9.83. The Morgan fingerprint density at radius 2 is 1.97 bits per heavy atom. The van der Waals surface area contributed by atoms with Gasteiger partial charge in [-0.2, -0.15) is 0 Å². The van der Waals surface area contributed by atoms with Crippen LogP contribution >= 0.6 is 0 Å². The maximum Gasteiger partial charge on any atom is 0.324 e. The van der Waals surface area contributed by atoms with Crippen LogP contribution in [0.15, 0.2) is 48.5 Å². The first-order chi connectivity index (χ1) is 14.8. The first-order valence-corrected chi connectivity index (χ1v) is 10.7. The number of hydrogen-bond acceptors (Lipinski definition) is 6. The molecule has 7 heteroatoms. The van der Waals surface area contributed by atoms with E-state index in [4.69, 9.17) is 9.47 Å². The van der Waals surface area contributed by atoms with Crippen LogP contribution in [0.2, 0.25) is 0 Å². The minimum atomic E-state index is -1.00. The Bertz CT molecular complexity index is 975. The zero-order chi connectivity index (χ0) is 22.2. The zero-order valence-electron chi connectivity index (χ0n) is 18.0. The van der Waals surface area contributed by atoms with Gasteiger partial charge in [0, 0.05) is 4.92 Å². The second kappa shape index (κ2) is 8.30. The molecule has 0 aromatic heterocycles. The van der Waals surface area contributed by atoms with Crippen molar-refractivity contribution in [3.63, 3.8) is 0 Å². The van der Waals surface area contributed by atoms with Gasteiger partial charge in [-0.1, -0.05) is 42.5 Å². The third kappa shape index (κ3) is 4.14. The monoisotopic (exact) mass is 424 g/mol. The number of hydrogen-bond donors (Lipinski definition) is 1. The van der Waals surface area contributed by atoms with E-state index in [1.165, 1.54) is 0 Å². The van der Waals surface area contributed by atoms with Crippen molar-refractivity contribution in [2.45, 2.75) is 63.3 Å². The highest BCUT2D eigenvalue weighted by molar-refractivity contribution is 5.78. The van der Waals surface area contributed by atoms with E-state index in [0.717, 1.165) is 35.3 Å². The number of esters is 1. The summed E-state index contributed by atoms with van der Waals surface area (Å²) in [6.45, 7) is 6.05. The first kappa shape index (κ1) is 21.3. The van der Waals surface area contributed by atoms with Crippen LogP contribution < -0.4 is 10.1 Å². The summed E-state index contributed by atoms with van der Waals surface area (Å²) in [6, 6.07) is 12.5. The van der Waals surface area contributed by atoms with E-state index >= 15 is 0 Å². The minimum absolute atomic E-state index is 0.218. The largest absolute Gasteiger partial charge is 0.488 e. The minimum Gasteiger partial charge on any atom is -0.488 e. The zero-order valence-corrected chi connectivity index (χ0v) is 18.0. The highest BCUT2D eigenvalue weighted by Gasteiger charge is 2.55. The van der Waals surface area contributed by atoms with Crippen LogP contribution in [0.3, 0.4) is 0 Å². The van der Waals surface area contributed by atoms with Crippen LogP contribution in [0.4, 0.5) is 0 Å². The lowest BCUT2D eigenvalue weighted by molar-refractivity contribution is -0.527. The fourth-order valence-corrected chi connectivity index (χ4v) is 4.73. The van der Waals surface area contributed by atoms with Crippen molar-refractivity contribution in [2.24, 2.45) is 0 Å². The van der Waals surface area contributed by atoms with Gasteiger partial charge in [-0.05, 0) is 56.4 Å². The van der Waals surface area contributed by atoms with Gasteiger partial charge in [-0.15, -0.1) is 0 Å². The summed E-state index contributed by atoms with van der Waals surface area (Å²) in [6.07, 6.45) is 1.69. The maximum absolute atomic E-state index is 12.8. The standard InChI is InChI=1S/C24H28N2O5/c1-4-30-23(27)21-19(17-10-11-18-16(14-17)12-13-24(2,3)31-18)22(26(28)29)20(25-21)15-8-6-5-7-9-15/h5-11,14,19-22,25H,4,12-13H2,1-3H3/t19-,20+,21+,22+/m1/s1. The van der Waals surface area contributed by atoms with E-state index < -0.39 is 30.0 Å². The third-order valence-electron chi connectivity index (χ3n) is 6.22. The summed E-state index contributed by atoms with van der Waals surface area (Å²) in [5.74, 6) is -0.316. The smallest absolute Gasteiger partial charge is 0.324 e. The van der Waals surface area contributed by atoms with Crippen LogP contribution in [0.1, 0.15) is 55.8 Å². The SMILES string of the molecule is CCOC(=O)[C@H]1N[C@@H](c2ccccc2)[C@@H]([N+](=O)[O-])[C@@H]1c1ccc2c(c1)CCC(C)(C)O2. The van der Waals surface area contributed by atoms with Crippen LogP contribution in [0, 0.1) is 10.1 Å². The maximum atomic E-state index is 12.8. The fraction of sp³-hybridized carbons (Fsp3) is 0.458. The molecule has 164 valence electrons. The van der Waals surface area contributed by atoms with Crippen LogP contribution in [0.25, 0.3) is 0 Å². The Labute approximate surface area is 181 Å². The van der Waals surface area contributed by atoms with Crippen molar-refractivity contribution in [1.29, 1.82) is 0 Å². The van der Waals surface area contributed by atoms with Crippen LogP contribution in [-0.2, 0) is 16.0 Å². The van der Waals surface area contributed by atoms with Crippen molar-refractivity contribution < 1.29 is 19.2 Å². The number of nitrogens with one attached hydrogen (secondary N) is 1. The number of carbonyl (C=O) groups is 1. The molecule has 0 radical (unpaired) electrons. The summed E-state index contributed by atoms with van der Waals surface area (Å²) in [5.41, 5.74) is 2.32. The number of rotatable bonds is 5. The molecule has 1 fully saturated rings. The summed E-state index contributed by atoms with van der Waals surface area (Å²) < 4.78 is 11.4. The second-order valence-corrected chi connectivity index (χ2v) is 8.82. The molecule has 2 aromatic carbocycles. The summed E-state index contributed by atoms with van der Waals surface area (Å²) in [4.78, 5) is 24.8. The highest BCUT2D eigenvalue weighted by Crippen LogP contribution is 2.43. The van der Waals surface area contributed by atoms with Gasteiger partial charge in [-0.3, -0.25) is 20.2 Å². The van der Waals surface area contributed by atoms with Crippen LogP contribution in [0.5, 0.6) is 5.75 Å². The average molecular weight is 424 g/mol. The van der Waals surface area contributed by atoms with Crippen molar-refractivity contribution >= 4 is 5.97 Å². The van der Waals surface area contributed by atoms with Gasteiger partial charge in [0.2, 0.25) is 6.04 Å². The molecule has 0 amide bonds. The molecule has 4 rings (SSSR count). The van der Waals surface area contributed by atoms with Crippen molar-refractivity contribution in [3.8, 4) is 5.75 Å². The molecule has 2 heterocycles. The molecule has 0 bridgehead atoms. The van der Waals surface area contributed by atoms with E-state index in [1.807, 2.05) is 48.5 Å². The molecule has 7 nitrogen and oxygen atoms in total.